The molecule has 2 rings (SSSR count). The summed E-state index contributed by atoms with van der Waals surface area (Å²) in [6, 6.07) is 2.13. The number of benzene rings is 1. The Morgan fingerprint density at radius 1 is 1.47 bits per heavy atom. The van der Waals surface area contributed by atoms with Crippen molar-refractivity contribution in [2.24, 2.45) is 0 Å². The van der Waals surface area contributed by atoms with Crippen LogP contribution in [0.25, 0.3) is 0 Å². The largest absolute Gasteiger partial charge is 0.398 e. The van der Waals surface area contributed by atoms with Crippen LogP contribution in [-0.4, -0.2) is 39.5 Å². The highest BCUT2D eigenvalue weighted by Crippen LogP contribution is 2.22. The van der Waals surface area contributed by atoms with Crippen LogP contribution in [-0.2, 0) is 10.0 Å². The molecule has 3 N–H and O–H groups in total. The number of sulfonamides is 1. The Labute approximate surface area is 112 Å². The van der Waals surface area contributed by atoms with E-state index in [0.717, 1.165) is 19.0 Å². The zero-order chi connectivity index (χ0) is 14.2. The summed E-state index contributed by atoms with van der Waals surface area (Å²) in [4.78, 5) is 1.64. The van der Waals surface area contributed by atoms with Crippen LogP contribution in [0.1, 0.15) is 12.0 Å². The van der Waals surface area contributed by atoms with E-state index in [-0.39, 0.29) is 16.6 Å². The first-order chi connectivity index (χ1) is 8.79. The van der Waals surface area contributed by atoms with Gasteiger partial charge in [-0.15, -0.1) is 0 Å². The minimum atomic E-state index is -3.87. The molecule has 1 aliphatic heterocycles. The first-order valence-electron chi connectivity index (χ1n) is 6.06. The fourth-order valence-electron chi connectivity index (χ4n) is 2.19. The predicted octanol–water partition coefficient (Wildman–Crippen LogP) is 0.699. The van der Waals surface area contributed by atoms with E-state index in [1.807, 2.05) is 11.9 Å². The molecule has 106 valence electrons. The van der Waals surface area contributed by atoms with Gasteiger partial charge in [-0.3, -0.25) is 0 Å². The molecule has 0 aromatic heterocycles. The molecule has 1 aromatic rings. The highest BCUT2D eigenvalue weighted by molar-refractivity contribution is 7.89. The van der Waals surface area contributed by atoms with Gasteiger partial charge in [-0.25, -0.2) is 17.5 Å². The van der Waals surface area contributed by atoms with E-state index in [1.54, 1.807) is 6.92 Å². The number of anilines is 1. The van der Waals surface area contributed by atoms with Gasteiger partial charge in [0.25, 0.3) is 0 Å². The molecule has 0 aliphatic carbocycles. The summed E-state index contributed by atoms with van der Waals surface area (Å²) in [6.07, 6.45) is 0.721. The molecular formula is C12H18FN3O2S. The number of halogens is 1. The zero-order valence-corrected chi connectivity index (χ0v) is 11.8. The lowest BCUT2D eigenvalue weighted by Crippen LogP contribution is -2.36. The Bertz CT molecular complexity index is 589. The molecule has 1 saturated heterocycles. The van der Waals surface area contributed by atoms with Crippen LogP contribution < -0.4 is 10.5 Å². The van der Waals surface area contributed by atoms with Gasteiger partial charge in [0.05, 0.1) is 0 Å². The number of aryl methyl sites for hydroxylation is 1. The lowest BCUT2D eigenvalue weighted by Gasteiger charge is -2.14. The second-order valence-electron chi connectivity index (χ2n) is 5.01. The van der Waals surface area contributed by atoms with Gasteiger partial charge in [-0.2, -0.15) is 0 Å². The molecule has 19 heavy (non-hydrogen) atoms. The minimum Gasteiger partial charge on any atom is -0.398 e. The molecule has 1 heterocycles. The van der Waals surface area contributed by atoms with Gasteiger partial charge in [0.15, 0.2) is 0 Å². The molecule has 1 atom stereocenters. The van der Waals surface area contributed by atoms with E-state index in [9.17, 15) is 12.8 Å². The quantitative estimate of drug-likeness (QED) is 0.802. The summed E-state index contributed by atoms with van der Waals surface area (Å²) in [5.74, 6) is -0.773. The number of nitrogens with one attached hydrogen (secondary N) is 1. The molecule has 0 saturated carbocycles. The van der Waals surface area contributed by atoms with Crippen molar-refractivity contribution < 1.29 is 12.8 Å². The van der Waals surface area contributed by atoms with Crippen LogP contribution in [0, 0.1) is 12.7 Å². The highest BCUT2D eigenvalue weighted by atomic mass is 32.2. The standard InChI is InChI=1S/C12H18FN3O2S/c1-8-5-10(13)12(6-11(8)14)19(17,18)15-9-3-4-16(2)7-9/h5-6,9,15H,3-4,7,14H2,1-2H3. The van der Waals surface area contributed by atoms with Crippen molar-refractivity contribution in [1.29, 1.82) is 0 Å². The molecular weight excluding hydrogens is 269 g/mol. The third-order valence-electron chi connectivity index (χ3n) is 3.32. The molecule has 0 bridgehead atoms. The Balaban J connectivity index is 2.27. The van der Waals surface area contributed by atoms with Gasteiger partial charge in [0.2, 0.25) is 10.0 Å². The molecule has 0 amide bonds. The summed E-state index contributed by atoms with van der Waals surface area (Å²) in [5.41, 5.74) is 6.44. The highest BCUT2D eigenvalue weighted by Gasteiger charge is 2.27. The van der Waals surface area contributed by atoms with E-state index in [2.05, 4.69) is 4.72 Å². The first kappa shape index (κ1) is 14.2. The van der Waals surface area contributed by atoms with Crippen LogP contribution in [0.2, 0.25) is 0 Å². The summed E-state index contributed by atoms with van der Waals surface area (Å²) in [6.45, 7) is 3.09. The Morgan fingerprint density at radius 3 is 2.74 bits per heavy atom. The number of nitrogens with zero attached hydrogens (tertiary/aromatic N) is 1. The predicted molar refractivity (Wildman–Crippen MR) is 71.8 cm³/mol. The number of hydrogen-bond acceptors (Lipinski definition) is 4. The Kier molecular flexibility index (Phi) is 3.80. The van der Waals surface area contributed by atoms with E-state index in [1.165, 1.54) is 6.07 Å². The summed E-state index contributed by atoms with van der Waals surface area (Å²) < 4.78 is 40.6. The van der Waals surface area contributed by atoms with Gasteiger partial charge in [0.1, 0.15) is 10.7 Å². The third-order valence-corrected chi connectivity index (χ3v) is 4.86. The normalized spacial score (nSPS) is 20.9. The van der Waals surface area contributed by atoms with Crippen LogP contribution in [0.15, 0.2) is 17.0 Å². The van der Waals surface area contributed by atoms with E-state index in [4.69, 9.17) is 5.73 Å². The van der Waals surface area contributed by atoms with Crippen molar-refractivity contribution >= 4 is 15.7 Å². The first-order valence-corrected chi connectivity index (χ1v) is 7.54. The second-order valence-corrected chi connectivity index (χ2v) is 6.69. The van der Waals surface area contributed by atoms with Crippen molar-refractivity contribution in [3.8, 4) is 0 Å². The summed E-state index contributed by atoms with van der Waals surface area (Å²) >= 11 is 0. The summed E-state index contributed by atoms with van der Waals surface area (Å²) in [5, 5.41) is 0. The SMILES string of the molecule is Cc1cc(F)c(S(=O)(=O)NC2CCN(C)C2)cc1N. The van der Waals surface area contributed by atoms with Crippen molar-refractivity contribution in [1.82, 2.24) is 9.62 Å². The molecule has 1 unspecified atom stereocenters. The van der Waals surface area contributed by atoms with Gasteiger partial charge < -0.3 is 10.6 Å². The lowest BCUT2D eigenvalue weighted by molar-refractivity contribution is 0.407. The molecule has 7 heteroatoms. The monoisotopic (exact) mass is 287 g/mol. The van der Waals surface area contributed by atoms with Crippen molar-refractivity contribution in [2.45, 2.75) is 24.3 Å². The third kappa shape index (κ3) is 3.05. The maximum absolute atomic E-state index is 13.8. The number of nitrogen functional groups attached to an aromatic ring is 1. The van der Waals surface area contributed by atoms with Gasteiger partial charge in [0, 0.05) is 18.3 Å². The summed E-state index contributed by atoms with van der Waals surface area (Å²) in [7, 11) is -1.95. The molecule has 1 fully saturated rings. The average Bonchev–Trinajstić information content (AvgIpc) is 2.68. The van der Waals surface area contributed by atoms with Crippen LogP contribution in [0.5, 0.6) is 0 Å². The number of rotatable bonds is 3. The topological polar surface area (TPSA) is 75.4 Å². The van der Waals surface area contributed by atoms with Crippen LogP contribution in [0.3, 0.4) is 0 Å². The lowest BCUT2D eigenvalue weighted by atomic mass is 10.2. The number of nitrogens with two attached hydrogens (primary N) is 1. The van der Waals surface area contributed by atoms with Gasteiger partial charge in [-0.05, 0) is 44.6 Å². The number of likely N-dealkylation sites (N-methyl/N-ethyl adjacent to an activating group) is 1. The molecule has 0 radical (unpaired) electrons. The molecule has 1 aliphatic rings. The van der Waals surface area contributed by atoms with Crippen molar-refractivity contribution in [3.05, 3.63) is 23.5 Å². The second kappa shape index (κ2) is 5.07. The minimum absolute atomic E-state index is 0.183. The van der Waals surface area contributed by atoms with Gasteiger partial charge >= 0.3 is 0 Å². The Morgan fingerprint density at radius 2 is 2.16 bits per heavy atom. The van der Waals surface area contributed by atoms with Gasteiger partial charge in [-0.1, -0.05) is 0 Å². The smallest absolute Gasteiger partial charge is 0.243 e. The van der Waals surface area contributed by atoms with E-state index >= 15 is 0 Å². The Hall–Kier alpha value is -1.18. The fourth-order valence-corrected chi connectivity index (χ4v) is 3.54. The maximum Gasteiger partial charge on any atom is 0.243 e. The van der Waals surface area contributed by atoms with Crippen LogP contribution >= 0.6 is 0 Å². The molecule has 0 spiro atoms. The fraction of sp³-hybridized carbons (Fsp3) is 0.500. The average molecular weight is 287 g/mol. The maximum atomic E-state index is 13.8. The van der Waals surface area contributed by atoms with Crippen molar-refractivity contribution in [3.63, 3.8) is 0 Å². The van der Waals surface area contributed by atoms with Crippen LogP contribution in [0.4, 0.5) is 10.1 Å². The zero-order valence-electron chi connectivity index (χ0n) is 11.0. The number of hydrogen-bond donors (Lipinski definition) is 2. The van der Waals surface area contributed by atoms with Crippen molar-refractivity contribution in [2.75, 3.05) is 25.9 Å². The molecule has 5 nitrogen and oxygen atoms in total. The van der Waals surface area contributed by atoms with E-state index in [0.29, 0.717) is 12.1 Å². The van der Waals surface area contributed by atoms with E-state index < -0.39 is 15.8 Å². The number of likely N-dealkylation sites (tertiary alicyclic amines) is 1. The molecule has 1 aromatic carbocycles.